The molecule has 10 nitrogen and oxygen atoms in total. The molecule has 2 amide bonds. The molecule has 0 unspecified atom stereocenters. The van der Waals surface area contributed by atoms with Crippen LogP contribution >= 0.6 is 0 Å². The SMILES string of the molecule is NC(=O)Cc1cn2nc(-c3cnc4c(c3)C(=O)N(Cc3cc(F)ccc3CN3CCOCC3)CC4)ccc2n1. The van der Waals surface area contributed by atoms with Crippen molar-refractivity contribution in [2.24, 2.45) is 5.73 Å². The molecule has 2 N–H and O–H groups in total. The Bertz CT molecular complexity index is 1560. The molecule has 11 heteroatoms. The molecule has 4 aromatic rings. The third-order valence-corrected chi connectivity index (χ3v) is 7.15. The van der Waals surface area contributed by atoms with Crippen LogP contribution in [-0.2, 0) is 35.5 Å². The molecule has 0 atom stereocenters. The molecule has 0 bridgehead atoms. The topological polar surface area (TPSA) is 119 Å². The number of halogens is 1. The predicted molar refractivity (Wildman–Crippen MR) is 140 cm³/mol. The highest BCUT2D eigenvalue weighted by Crippen LogP contribution is 2.26. The van der Waals surface area contributed by atoms with Gasteiger partial charge in [-0.05, 0) is 41.5 Å². The Morgan fingerprint density at radius 3 is 2.72 bits per heavy atom. The van der Waals surface area contributed by atoms with E-state index in [4.69, 9.17) is 10.5 Å². The van der Waals surface area contributed by atoms with E-state index < -0.39 is 5.91 Å². The van der Waals surface area contributed by atoms with Crippen LogP contribution in [0.25, 0.3) is 16.9 Å². The first-order chi connectivity index (χ1) is 18.9. The number of morpholine rings is 1. The maximum atomic E-state index is 14.2. The molecule has 2 aliphatic heterocycles. The third-order valence-electron chi connectivity index (χ3n) is 7.15. The Morgan fingerprint density at radius 2 is 1.90 bits per heavy atom. The molecule has 39 heavy (non-hydrogen) atoms. The highest BCUT2D eigenvalue weighted by atomic mass is 19.1. The first-order valence-electron chi connectivity index (χ1n) is 12.9. The zero-order valence-corrected chi connectivity index (χ0v) is 21.3. The number of pyridine rings is 1. The Kier molecular flexibility index (Phi) is 6.76. The van der Waals surface area contributed by atoms with Gasteiger partial charge in [-0.1, -0.05) is 6.07 Å². The van der Waals surface area contributed by atoms with Crippen molar-refractivity contribution in [3.05, 3.63) is 82.7 Å². The maximum absolute atomic E-state index is 14.2. The van der Waals surface area contributed by atoms with E-state index in [9.17, 15) is 14.0 Å². The number of carbonyl (C=O) groups is 2. The second-order valence-electron chi connectivity index (χ2n) is 9.89. The van der Waals surface area contributed by atoms with Crippen molar-refractivity contribution >= 4 is 17.5 Å². The predicted octanol–water partition coefficient (Wildman–Crippen LogP) is 1.99. The van der Waals surface area contributed by atoms with Gasteiger partial charge in [0.25, 0.3) is 5.91 Å². The zero-order valence-electron chi connectivity index (χ0n) is 21.3. The second kappa shape index (κ2) is 10.5. The summed E-state index contributed by atoms with van der Waals surface area (Å²) in [7, 11) is 0. The summed E-state index contributed by atoms with van der Waals surface area (Å²) in [5, 5.41) is 4.59. The number of nitrogens with two attached hydrogens (primary N) is 1. The van der Waals surface area contributed by atoms with Crippen LogP contribution in [0.2, 0.25) is 0 Å². The molecule has 0 aliphatic carbocycles. The summed E-state index contributed by atoms with van der Waals surface area (Å²) >= 11 is 0. The fraction of sp³-hybridized carbons (Fsp3) is 0.321. The van der Waals surface area contributed by atoms with Crippen molar-refractivity contribution in [3.63, 3.8) is 0 Å². The molecule has 0 saturated carbocycles. The van der Waals surface area contributed by atoms with Crippen LogP contribution in [0.1, 0.15) is 32.9 Å². The normalized spacial score (nSPS) is 16.0. The molecule has 1 fully saturated rings. The van der Waals surface area contributed by atoms with Crippen LogP contribution in [0, 0.1) is 5.82 Å². The Balaban J connectivity index is 1.24. The lowest BCUT2D eigenvalue weighted by atomic mass is 10.00. The summed E-state index contributed by atoms with van der Waals surface area (Å²) in [6.07, 6.45) is 4.02. The lowest BCUT2D eigenvalue weighted by Crippen LogP contribution is -2.38. The number of imidazole rings is 1. The third kappa shape index (κ3) is 5.36. The lowest BCUT2D eigenvalue weighted by Gasteiger charge is -2.30. The van der Waals surface area contributed by atoms with Gasteiger partial charge in [0, 0.05) is 50.9 Å². The van der Waals surface area contributed by atoms with E-state index in [2.05, 4.69) is 20.0 Å². The fourth-order valence-electron chi connectivity index (χ4n) is 5.13. The first-order valence-corrected chi connectivity index (χ1v) is 12.9. The van der Waals surface area contributed by atoms with Gasteiger partial charge in [-0.3, -0.25) is 19.5 Å². The smallest absolute Gasteiger partial charge is 0.256 e. The van der Waals surface area contributed by atoms with E-state index in [1.54, 1.807) is 33.9 Å². The molecule has 0 spiro atoms. The average Bonchev–Trinajstić information content (AvgIpc) is 3.33. The molecule has 0 radical (unpaired) electrons. The van der Waals surface area contributed by atoms with E-state index in [1.165, 1.54) is 12.1 Å². The molecule has 5 heterocycles. The molecule has 200 valence electrons. The van der Waals surface area contributed by atoms with Gasteiger partial charge in [0.15, 0.2) is 5.65 Å². The van der Waals surface area contributed by atoms with E-state index in [0.717, 1.165) is 29.9 Å². The van der Waals surface area contributed by atoms with Gasteiger partial charge < -0.3 is 15.4 Å². The van der Waals surface area contributed by atoms with Gasteiger partial charge in [0.1, 0.15) is 5.82 Å². The lowest BCUT2D eigenvalue weighted by molar-refractivity contribution is -0.117. The summed E-state index contributed by atoms with van der Waals surface area (Å²) < 4.78 is 21.3. The average molecular weight is 530 g/mol. The number of rotatable bonds is 7. The zero-order chi connectivity index (χ0) is 26.9. The monoisotopic (exact) mass is 529 g/mol. The standard InChI is InChI=1S/C28H28FN7O3/c29-21-2-1-18(15-34-7-9-39-10-8-34)20(11-21)16-35-6-5-25-23(28(35)38)12-19(14-31-25)24-3-4-27-32-22(13-26(30)37)17-36(27)33-24/h1-4,11-12,14,17H,5-10,13,15-16H2,(H2,30,37). The molecular weight excluding hydrogens is 501 g/mol. The van der Waals surface area contributed by atoms with Gasteiger partial charge in [0.05, 0.1) is 48.5 Å². The minimum absolute atomic E-state index is 0.0307. The number of ether oxygens (including phenoxy) is 1. The molecule has 6 rings (SSSR count). The summed E-state index contributed by atoms with van der Waals surface area (Å²) in [5.41, 5.74) is 10.8. The number of hydrogen-bond donors (Lipinski definition) is 1. The number of hydrogen-bond acceptors (Lipinski definition) is 7. The van der Waals surface area contributed by atoms with Gasteiger partial charge in [0.2, 0.25) is 5.91 Å². The van der Waals surface area contributed by atoms with Crippen LogP contribution in [-0.4, -0.2) is 74.0 Å². The number of fused-ring (bicyclic) bond motifs is 2. The van der Waals surface area contributed by atoms with Gasteiger partial charge in [-0.25, -0.2) is 13.9 Å². The Labute approximate surface area is 224 Å². The summed E-state index contributed by atoms with van der Waals surface area (Å²) in [4.78, 5) is 37.8. The molecule has 1 saturated heterocycles. The largest absolute Gasteiger partial charge is 0.379 e. The fourth-order valence-corrected chi connectivity index (χ4v) is 5.13. The maximum Gasteiger partial charge on any atom is 0.256 e. The van der Waals surface area contributed by atoms with Gasteiger partial charge in [-0.15, -0.1) is 0 Å². The summed E-state index contributed by atoms with van der Waals surface area (Å²) in [5.74, 6) is -0.920. The highest BCUT2D eigenvalue weighted by molar-refractivity contribution is 5.97. The van der Waals surface area contributed by atoms with Crippen molar-refractivity contribution in [1.82, 2.24) is 29.4 Å². The van der Waals surface area contributed by atoms with Crippen molar-refractivity contribution in [1.29, 1.82) is 0 Å². The number of nitrogens with zero attached hydrogens (tertiary/aromatic N) is 6. The Hall–Kier alpha value is -4.22. The highest BCUT2D eigenvalue weighted by Gasteiger charge is 2.27. The second-order valence-corrected chi connectivity index (χ2v) is 9.89. The minimum Gasteiger partial charge on any atom is -0.379 e. The molecular formula is C28H28FN7O3. The van der Waals surface area contributed by atoms with Crippen LogP contribution in [0.5, 0.6) is 0 Å². The number of primary amides is 1. The van der Waals surface area contributed by atoms with Gasteiger partial charge >= 0.3 is 0 Å². The Morgan fingerprint density at radius 1 is 1.05 bits per heavy atom. The van der Waals surface area contributed by atoms with Gasteiger partial charge in [-0.2, -0.15) is 5.10 Å². The molecule has 2 aliphatic rings. The first kappa shape index (κ1) is 25.1. The van der Waals surface area contributed by atoms with Crippen LogP contribution in [0.15, 0.2) is 48.8 Å². The molecule has 1 aromatic carbocycles. The van der Waals surface area contributed by atoms with Crippen molar-refractivity contribution in [2.45, 2.75) is 25.9 Å². The quantitative estimate of drug-likeness (QED) is 0.389. The van der Waals surface area contributed by atoms with Crippen LogP contribution in [0.4, 0.5) is 4.39 Å². The van der Waals surface area contributed by atoms with Crippen LogP contribution < -0.4 is 5.73 Å². The van der Waals surface area contributed by atoms with Crippen LogP contribution in [0.3, 0.4) is 0 Å². The van der Waals surface area contributed by atoms with Crippen molar-refractivity contribution in [2.75, 3.05) is 32.8 Å². The van der Waals surface area contributed by atoms with E-state index >= 15 is 0 Å². The van der Waals surface area contributed by atoms with Crippen molar-refractivity contribution < 1.29 is 18.7 Å². The van der Waals surface area contributed by atoms with E-state index in [1.807, 2.05) is 12.1 Å². The number of benzene rings is 1. The number of amides is 2. The van der Waals surface area contributed by atoms with E-state index in [0.29, 0.717) is 67.4 Å². The number of carbonyl (C=O) groups excluding carboxylic acids is 2. The summed E-state index contributed by atoms with van der Waals surface area (Å²) in [6.45, 7) is 4.54. The number of aromatic nitrogens is 4. The summed E-state index contributed by atoms with van der Waals surface area (Å²) in [6, 6.07) is 10.2. The minimum atomic E-state index is -0.466. The van der Waals surface area contributed by atoms with Crippen molar-refractivity contribution in [3.8, 4) is 11.3 Å². The molecule has 3 aromatic heterocycles. The van der Waals surface area contributed by atoms with E-state index in [-0.39, 0.29) is 18.1 Å².